The number of aryl methyl sites for hydroxylation is 1. The Bertz CT molecular complexity index is 474. The van der Waals surface area contributed by atoms with E-state index in [-0.39, 0.29) is 0 Å². The summed E-state index contributed by atoms with van der Waals surface area (Å²) >= 11 is 0. The molecule has 5 heteroatoms. The molecule has 0 saturated heterocycles. The number of nitrogens with one attached hydrogen (secondary N) is 2. The molecule has 0 spiro atoms. The van der Waals surface area contributed by atoms with Gasteiger partial charge in [-0.3, -0.25) is 0 Å². The number of aliphatic carboxylic acids is 1. The molecule has 1 unspecified atom stereocenters. The minimum absolute atomic E-state index is 0.440. The molecule has 2 amide bonds. The van der Waals surface area contributed by atoms with E-state index in [2.05, 4.69) is 17.6 Å². The van der Waals surface area contributed by atoms with Gasteiger partial charge in [0.2, 0.25) is 0 Å². The number of benzene rings is 1. The van der Waals surface area contributed by atoms with E-state index in [4.69, 9.17) is 5.11 Å². The van der Waals surface area contributed by atoms with Gasteiger partial charge in [-0.1, -0.05) is 51.3 Å². The van der Waals surface area contributed by atoms with Crippen LogP contribution in [0.25, 0.3) is 0 Å². The topological polar surface area (TPSA) is 78.4 Å². The number of carbonyl (C=O) groups excluding carboxylic acids is 1. The first-order chi connectivity index (χ1) is 10.1. The molecule has 0 aliphatic rings. The van der Waals surface area contributed by atoms with Crippen LogP contribution in [0.5, 0.6) is 0 Å². The quantitative estimate of drug-likeness (QED) is 0.687. The van der Waals surface area contributed by atoms with E-state index in [1.807, 2.05) is 31.2 Å². The van der Waals surface area contributed by atoms with Crippen molar-refractivity contribution in [3.63, 3.8) is 0 Å². The summed E-state index contributed by atoms with van der Waals surface area (Å²) in [5.74, 6) is -1.000. The number of amides is 2. The zero-order chi connectivity index (χ0) is 15.7. The van der Waals surface area contributed by atoms with Gasteiger partial charge in [-0.25, -0.2) is 9.59 Å². The summed E-state index contributed by atoms with van der Waals surface area (Å²) in [6, 6.07) is 6.25. The number of urea groups is 1. The first kappa shape index (κ1) is 17.0. The van der Waals surface area contributed by atoms with Gasteiger partial charge in [0.15, 0.2) is 0 Å². The second kappa shape index (κ2) is 9.00. The molecular formula is C16H24N2O3. The first-order valence-electron chi connectivity index (χ1n) is 7.46. The molecule has 0 saturated carbocycles. The van der Waals surface area contributed by atoms with Gasteiger partial charge in [0.05, 0.1) is 0 Å². The van der Waals surface area contributed by atoms with Gasteiger partial charge in [-0.15, -0.1) is 0 Å². The summed E-state index contributed by atoms with van der Waals surface area (Å²) in [5.41, 5.74) is 1.78. The van der Waals surface area contributed by atoms with Crippen LogP contribution in [0.15, 0.2) is 24.3 Å². The highest BCUT2D eigenvalue weighted by atomic mass is 16.4. The standard InChI is InChI=1S/C16H24N2O3/c1-3-5-10-14(15(19)20)18-16(21)17-13-11-7-6-9-12(13)8-4-2/h6-7,9,11,14H,3-5,8,10H2,1-2H3,(H,19,20)(H2,17,18,21). The fourth-order valence-electron chi connectivity index (χ4n) is 2.11. The molecular weight excluding hydrogens is 268 g/mol. The largest absolute Gasteiger partial charge is 0.480 e. The molecule has 1 aromatic rings. The monoisotopic (exact) mass is 292 g/mol. The van der Waals surface area contributed by atoms with Crippen LogP contribution in [0.2, 0.25) is 0 Å². The predicted octanol–water partition coefficient (Wildman–Crippen LogP) is 3.40. The second-order valence-electron chi connectivity index (χ2n) is 5.04. The number of anilines is 1. The summed E-state index contributed by atoms with van der Waals surface area (Å²) in [7, 11) is 0. The predicted molar refractivity (Wildman–Crippen MR) is 83.5 cm³/mol. The Balaban J connectivity index is 2.65. The van der Waals surface area contributed by atoms with Gasteiger partial charge in [0, 0.05) is 5.69 Å². The van der Waals surface area contributed by atoms with Crippen molar-refractivity contribution >= 4 is 17.7 Å². The van der Waals surface area contributed by atoms with Crippen molar-refractivity contribution in [3.05, 3.63) is 29.8 Å². The molecule has 0 heterocycles. The highest BCUT2D eigenvalue weighted by Gasteiger charge is 2.19. The molecule has 1 atom stereocenters. The Morgan fingerprint density at radius 2 is 1.90 bits per heavy atom. The third-order valence-electron chi connectivity index (χ3n) is 3.23. The van der Waals surface area contributed by atoms with Crippen molar-refractivity contribution in [1.82, 2.24) is 5.32 Å². The summed E-state index contributed by atoms with van der Waals surface area (Å²) in [4.78, 5) is 23.1. The van der Waals surface area contributed by atoms with Crippen LogP contribution >= 0.6 is 0 Å². The zero-order valence-electron chi connectivity index (χ0n) is 12.7. The lowest BCUT2D eigenvalue weighted by atomic mass is 10.1. The third-order valence-corrected chi connectivity index (χ3v) is 3.23. The minimum Gasteiger partial charge on any atom is -0.480 e. The van der Waals surface area contributed by atoms with Crippen molar-refractivity contribution in [1.29, 1.82) is 0 Å². The van der Waals surface area contributed by atoms with Crippen LogP contribution < -0.4 is 10.6 Å². The van der Waals surface area contributed by atoms with E-state index in [1.165, 1.54) is 0 Å². The highest BCUT2D eigenvalue weighted by Crippen LogP contribution is 2.16. The summed E-state index contributed by atoms with van der Waals surface area (Å²) in [5, 5.41) is 14.4. The van der Waals surface area contributed by atoms with Gasteiger partial charge in [-0.2, -0.15) is 0 Å². The average Bonchev–Trinajstić information content (AvgIpc) is 2.45. The molecule has 5 nitrogen and oxygen atoms in total. The van der Waals surface area contributed by atoms with E-state index >= 15 is 0 Å². The normalized spacial score (nSPS) is 11.7. The Morgan fingerprint density at radius 1 is 1.19 bits per heavy atom. The second-order valence-corrected chi connectivity index (χ2v) is 5.04. The molecule has 3 N–H and O–H groups in total. The molecule has 1 aromatic carbocycles. The number of para-hydroxylation sites is 1. The van der Waals surface area contributed by atoms with Gasteiger partial charge < -0.3 is 15.7 Å². The molecule has 0 bridgehead atoms. The molecule has 21 heavy (non-hydrogen) atoms. The highest BCUT2D eigenvalue weighted by molar-refractivity contribution is 5.92. The SMILES string of the molecule is CCCCC(NC(=O)Nc1ccccc1CCC)C(=O)O. The lowest BCUT2D eigenvalue weighted by molar-refractivity contribution is -0.139. The van der Waals surface area contributed by atoms with Crippen molar-refractivity contribution in [2.75, 3.05) is 5.32 Å². The van der Waals surface area contributed by atoms with Crippen LogP contribution in [0.3, 0.4) is 0 Å². The van der Waals surface area contributed by atoms with Crippen LogP contribution in [0.1, 0.15) is 45.1 Å². The smallest absolute Gasteiger partial charge is 0.326 e. The fourth-order valence-corrected chi connectivity index (χ4v) is 2.11. The number of hydrogen-bond acceptors (Lipinski definition) is 2. The van der Waals surface area contributed by atoms with Crippen molar-refractivity contribution in [2.45, 2.75) is 52.0 Å². The number of carbonyl (C=O) groups is 2. The van der Waals surface area contributed by atoms with Crippen LogP contribution in [0, 0.1) is 0 Å². The van der Waals surface area contributed by atoms with E-state index < -0.39 is 18.0 Å². The van der Waals surface area contributed by atoms with Crippen molar-refractivity contribution in [2.24, 2.45) is 0 Å². The van der Waals surface area contributed by atoms with E-state index in [0.29, 0.717) is 6.42 Å². The first-order valence-corrected chi connectivity index (χ1v) is 7.46. The lowest BCUT2D eigenvalue weighted by Gasteiger charge is -2.16. The van der Waals surface area contributed by atoms with E-state index in [1.54, 1.807) is 0 Å². The Hall–Kier alpha value is -2.04. The van der Waals surface area contributed by atoms with Crippen molar-refractivity contribution in [3.8, 4) is 0 Å². The molecule has 0 aliphatic carbocycles. The maximum atomic E-state index is 12.0. The number of unbranched alkanes of at least 4 members (excludes halogenated alkanes) is 1. The van der Waals surface area contributed by atoms with Crippen LogP contribution in [-0.4, -0.2) is 23.1 Å². The summed E-state index contributed by atoms with van der Waals surface area (Å²) in [6.07, 6.45) is 3.95. The number of rotatable bonds is 8. The molecule has 0 aliphatic heterocycles. The van der Waals surface area contributed by atoms with Gasteiger partial charge >= 0.3 is 12.0 Å². The lowest BCUT2D eigenvalue weighted by Crippen LogP contribution is -2.43. The molecule has 116 valence electrons. The summed E-state index contributed by atoms with van der Waals surface area (Å²) < 4.78 is 0. The zero-order valence-corrected chi connectivity index (χ0v) is 12.7. The molecule has 0 radical (unpaired) electrons. The van der Waals surface area contributed by atoms with E-state index in [9.17, 15) is 9.59 Å². The average molecular weight is 292 g/mol. The Kier molecular flexibility index (Phi) is 7.29. The Morgan fingerprint density at radius 3 is 2.52 bits per heavy atom. The van der Waals surface area contributed by atoms with E-state index in [0.717, 1.165) is 36.9 Å². The van der Waals surface area contributed by atoms with Gasteiger partial charge in [0.1, 0.15) is 6.04 Å². The fraction of sp³-hybridized carbons (Fsp3) is 0.500. The maximum Gasteiger partial charge on any atom is 0.326 e. The van der Waals surface area contributed by atoms with Crippen molar-refractivity contribution < 1.29 is 14.7 Å². The van der Waals surface area contributed by atoms with Gasteiger partial charge in [0.25, 0.3) is 0 Å². The van der Waals surface area contributed by atoms with Crippen LogP contribution in [0.4, 0.5) is 10.5 Å². The minimum atomic E-state index is -1.000. The molecule has 0 fully saturated rings. The number of carboxylic acids is 1. The van der Waals surface area contributed by atoms with Gasteiger partial charge in [-0.05, 0) is 24.5 Å². The van der Waals surface area contributed by atoms with Crippen LogP contribution in [-0.2, 0) is 11.2 Å². The maximum absolute atomic E-state index is 12.0. The molecule has 1 rings (SSSR count). The summed E-state index contributed by atoms with van der Waals surface area (Å²) in [6.45, 7) is 4.06. The third kappa shape index (κ3) is 5.85. The number of carboxylic acid groups (broad SMARTS) is 1. The Labute approximate surface area is 125 Å². The molecule has 0 aromatic heterocycles. The number of hydrogen-bond donors (Lipinski definition) is 3.